The molecule has 0 aromatic carbocycles. The van der Waals surface area contributed by atoms with Crippen molar-refractivity contribution in [3.8, 4) is 0 Å². The van der Waals surface area contributed by atoms with Gasteiger partial charge >= 0.3 is 0 Å². The van der Waals surface area contributed by atoms with E-state index in [-0.39, 0.29) is 0 Å². The quantitative estimate of drug-likeness (QED) is 0.550. The summed E-state index contributed by atoms with van der Waals surface area (Å²) in [5.41, 5.74) is 0. The summed E-state index contributed by atoms with van der Waals surface area (Å²) < 4.78 is 29.2. The predicted molar refractivity (Wildman–Crippen MR) is 104 cm³/mol. The van der Waals surface area contributed by atoms with Crippen molar-refractivity contribution in [2.24, 2.45) is 10.9 Å². The van der Waals surface area contributed by atoms with E-state index in [4.69, 9.17) is 4.74 Å². The van der Waals surface area contributed by atoms with Gasteiger partial charge in [0, 0.05) is 44.5 Å². The molecule has 1 unspecified atom stereocenters. The molecule has 2 heterocycles. The number of nitrogens with one attached hydrogen (secondary N) is 2. The van der Waals surface area contributed by atoms with Crippen LogP contribution in [0.2, 0.25) is 0 Å². The average molecular weight is 388 g/mol. The SMILES string of the molecule is CN=C(NCC(C)Cc1cccs1)NCC1(S(C)(=O)=O)CCOCC1. The first kappa shape index (κ1) is 20.2. The van der Waals surface area contributed by atoms with Crippen molar-refractivity contribution in [1.29, 1.82) is 0 Å². The molecule has 1 saturated heterocycles. The van der Waals surface area contributed by atoms with Crippen molar-refractivity contribution >= 4 is 27.1 Å². The summed E-state index contributed by atoms with van der Waals surface area (Å²) in [5, 5.41) is 8.61. The van der Waals surface area contributed by atoms with Gasteiger partial charge in [-0.15, -0.1) is 11.3 Å². The zero-order valence-corrected chi connectivity index (χ0v) is 16.9. The Morgan fingerprint density at radius 1 is 1.40 bits per heavy atom. The molecule has 0 saturated carbocycles. The number of ether oxygens (including phenoxy) is 1. The fourth-order valence-electron chi connectivity index (χ4n) is 3.00. The number of sulfone groups is 1. The summed E-state index contributed by atoms with van der Waals surface area (Å²) in [5.74, 6) is 1.11. The van der Waals surface area contributed by atoms with Crippen LogP contribution in [0.25, 0.3) is 0 Å². The van der Waals surface area contributed by atoms with Crippen molar-refractivity contribution in [2.75, 3.05) is 39.6 Å². The van der Waals surface area contributed by atoms with Crippen LogP contribution in [-0.4, -0.2) is 58.7 Å². The van der Waals surface area contributed by atoms with Crippen LogP contribution in [0.1, 0.15) is 24.6 Å². The molecular weight excluding hydrogens is 358 g/mol. The number of hydrogen-bond donors (Lipinski definition) is 2. The van der Waals surface area contributed by atoms with Crippen LogP contribution < -0.4 is 10.6 Å². The van der Waals surface area contributed by atoms with E-state index < -0.39 is 14.6 Å². The van der Waals surface area contributed by atoms with Gasteiger partial charge in [-0.05, 0) is 36.6 Å². The normalized spacial score (nSPS) is 19.4. The molecule has 25 heavy (non-hydrogen) atoms. The highest BCUT2D eigenvalue weighted by Crippen LogP contribution is 2.28. The highest BCUT2D eigenvalue weighted by Gasteiger charge is 2.42. The minimum absolute atomic E-state index is 0.355. The Bertz CT molecular complexity index is 651. The second-order valence-electron chi connectivity index (χ2n) is 6.76. The summed E-state index contributed by atoms with van der Waals surface area (Å²) in [6, 6.07) is 4.22. The number of aliphatic imine (C=N–C) groups is 1. The Morgan fingerprint density at radius 2 is 2.12 bits per heavy atom. The maximum atomic E-state index is 12.3. The third-order valence-electron chi connectivity index (χ3n) is 4.74. The van der Waals surface area contributed by atoms with Gasteiger partial charge in [-0.25, -0.2) is 8.42 Å². The molecule has 8 heteroatoms. The third-order valence-corrected chi connectivity index (χ3v) is 7.76. The van der Waals surface area contributed by atoms with Crippen LogP contribution >= 0.6 is 11.3 Å². The maximum absolute atomic E-state index is 12.3. The zero-order chi connectivity index (χ0) is 18.3. The van der Waals surface area contributed by atoms with Crippen LogP contribution in [-0.2, 0) is 21.0 Å². The Labute approximate surface area is 155 Å². The Morgan fingerprint density at radius 3 is 2.68 bits per heavy atom. The van der Waals surface area contributed by atoms with E-state index >= 15 is 0 Å². The van der Waals surface area contributed by atoms with Gasteiger partial charge in [-0.3, -0.25) is 4.99 Å². The second kappa shape index (κ2) is 9.00. The molecule has 1 aromatic rings. The largest absolute Gasteiger partial charge is 0.381 e. The lowest BCUT2D eigenvalue weighted by Crippen LogP contribution is -2.54. The molecule has 1 atom stereocenters. The number of nitrogens with zero attached hydrogens (tertiary/aromatic N) is 1. The van der Waals surface area contributed by atoms with Crippen LogP contribution in [0.3, 0.4) is 0 Å². The minimum atomic E-state index is -3.18. The van der Waals surface area contributed by atoms with E-state index in [0.717, 1.165) is 13.0 Å². The van der Waals surface area contributed by atoms with Gasteiger partial charge in [0.15, 0.2) is 15.8 Å². The predicted octanol–water partition coefficient (Wildman–Crippen LogP) is 1.69. The first-order valence-electron chi connectivity index (χ1n) is 8.60. The fourth-order valence-corrected chi connectivity index (χ4v) is 5.12. The van der Waals surface area contributed by atoms with Crippen molar-refractivity contribution in [1.82, 2.24) is 10.6 Å². The first-order chi connectivity index (χ1) is 11.9. The molecule has 1 fully saturated rings. The van der Waals surface area contributed by atoms with Gasteiger partial charge < -0.3 is 15.4 Å². The molecule has 1 aromatic heterocycles. The van der Waals surface area contributed by atoms with Gasteiger partial charge in [0.25, 0.3) is 0 Å². The molecule has 0 spiro atoms. The molecule has 0 aliphatic carbocycles. The molecule has 0 amide bonds. The van der Waals surface area contributed by atoms with E-state index in [0.29, 0.717) is 44.5 Å². The maximum Gasteiger partial charge on any atom is 0.191 e. The monoisotopic (exact) mass is 387 g/mol. The molecule has 1 aliphatic rings. The Hall–Kier alpha value is -1.12. The van der Waals surface area contributed by atoms with E-state index in [1.165, 1.54) is 11.1 Å². The van der Waals surface area contributed by atoms with Crippen LogP contribution in [0.5, 0.6) is 0 Å². The number of rotatable bonds is 7. The molecule has 2 rings (SSSR count). The zero-order valence-electron chi connectivity index (χ0n) is 15.2. The van der Waals surface area contributed by atoms with Gasteiger partial charge in [0.05, 0.1) is 4.75 Å². The summed E-state index contributed by atoms with van der Waals surface area (Å²) in [6.45, 7) is 4.30. The number of thiophene rings is 1. The van der Waals surface area contributed by atoms with Crippen LogP contribution in [0.4, 0.5) is 0 Å². The summed E-state index contributed by atoms with van der Waals surface area (Å²) in [4.78, 5) is 5.60. The van der Waals surface area contributed by atoms with Crippen molar-refractivity contribution in [3.05, 3.63) is 22.4 Å². The number of hydrogen-bond acceptors (Lipinski definition) is 5. The van der Waals surface area contributed by atoms with Gasteiger partial charge in [0.2, 0.25) is 0 Å². The van der Waals surface area contributed by atoms with Crippen molar-refractivity contribution in [2.45, 2.75) is 30.9 Å². The molecule has 0 radical (unpaired) electrons. The summed E-state index contributed by atoms with van der Waals surface area (Å²) in [6.07, 6.45) is 3.38. The lowest BCUT2D eigenvalue weighted by Gasteiger charge is -2.35. The van der Waals surface area contributed by atoms with Crippen LogP contribution in [0.15, 0.2) is 22.5 Å². The highest BCUT2D eigenvalue weighted by atomic mass is 32.2. The van der Waals surface area contributed by atoms with Crippen molar-refractivity contribution in [3.63, 3.8) is 0 Å². The first-order valence-corrected chi connectivity index (χ1v) is 11.4. The van der Waals surface area contributed by atoms with Gasteiger partial charge in [-0.2, -0.15) is 0 Å². The third kappa shape index (κ3) is 5.69. The van der Waals surface area contributed by atoms with E-state index in [2.05, 4.69) is 40.1 Å². The van der Waals surface area contributed by atoms with E-state index in [1.807, 2.05) is 0 Å². The lowest BCUT2D eigenvalue weighted by atomic mass is 9.99. The lowest BCUT2D eigenvalue weighted by molar-refractivity contribution is 0.0756. The molecule has 6 nitrogen and oxygen atoms in total. The minimum Gasteiger partial charge on any atom is -0.381 e. The number of guanidine groups is 1. The smallest absolute Gasteiger partial charge is 0.191 e. The Kier molecular flexibility index (Phi) is 7.27. The fraction of sp³-hybridized carbons (Fsp3) is 0.706. The standard InChI is InChI=1S/C17H29N3O3S2/c1-14(11-15-5-4-10-24-15)12-19-16(18-2)20-13-17(25(3,21)22)6-8-23-9-7-17/h4-5,10,14H,6-9,11-13H2,1-3H3,(H2,18,19,20). The average Bonchev–Trinajstić information content (AvgIpc) is 3.07. The molecular formula is C17H29N3O3S2. The van der Waals surface area contributed by atoms with Gasteiger partial charge in [0.1, 0.15) is 0 Å². The van der Waals surface area contributed by atoms with Gasteiger partial charge in [-0.1, -0.05) is 13.0 Å². The molecule has 142 valence electrons. The van der Waals surface area contributed by atoms with E-state index in [1.54, 1.807) is 18.4 Å². The second-order valence-corrected chi connectivity index (χ2v) is 10.2. The highest BCUT2D eigenvalue weighted by molar-refractivity contribution is 7.92. The Balaban J connectivity index is 1.86. The molecule has 1 aliphatic heterocycles. The van der Waals surface area contributed by atoms with Crippen LogP contribution in [0, 0.1) is 5.92 Å². The summed E-state index contributed by atoms with van der Waals surface area (Å²) >= 11 is 1.77. The topological polar surface area (TPSA) is 79.8 Å². The van der Waals surface area contributed by atoms with E-state index in [9.17, 15) is 8.42 Å². The molecule has 2 N–H and O–H groups in total. The summed E-state index contributed by atoms with van der Waals surface area (Å²) in [7, 11) is -1.48. The van der Waals surface area contributed by atoms with Crippen molar-refractivity contribution < 1.29 is 13.2 Å². The molecule has 0 bridgehead atoms.